The number of phenolic OH excluding ortho intramolecular Hbond substituents is 3. The van der Waals surface area contributed by atoms with Gasteiger partial charge in [0.25, 0.3) is 0 Å². The average molecular weight is 1780 g/mol. The summed E-state index contributed by atoms with van der Waals surface area (Å²) in [7, 11) is 1.45. The van der Waals surface area contributed by atoms with E-state index in [1.54, 1.807) is 13.8 Å². The third kappa shape index (κ3) is 20.9. The topological polar surface area (TPSA) is 647 Å². The molecular weight excluding hydrogens is 1680 g/mol. The third-order valence-electron chi connectivity index (χ3n) is 21.9. The number of esters is 1. The number of nitrogens with two attached hydrogens (primary N) is 3. The molecule has 0 spiro atoms. The van der Waals surface area contributed by atoms with Crippen molar-refractivity contribution in [2.75, 3.05) is 13.7 Å². The monoisotopic (exact) mass is 1780 g/mol. The fraction of sp³-hybridized carbons (Fsp3) is 0.494. The summed E-state index contributed by atoms with van der Waals surface area (Å²) >= 11 is 14.6. The molecule has 5 aromatic rings. The van der Waals surface area contributed by atoms with Gasteiger partial charge in [0.2, 0.25) is 59.3 Å². The number of carboxylic acids is 1. The number of nitrogens with one attached hydrogen (secondary N) is 8. The smallest absolute Gasteiger partial charge is 0.330 e. The number of aldehydes is 1. The van der Waals surface area contributed by atoms with Crippen molar-refractivity contribution in [1.29, 1.82) is 0 Å². The maximum absolute atomic E-state index is 16.6. The van der Waals surface area contributed by atoms with Crippen LogP contribution in [-0.4, -0.2) is 239 Å². The fourth-order valence-electron chi connectivity index (χ4n) is 15.3. The van der Waals surface area contributed by atoms with Crippen LogP contribution in [-0.2, 0) is 81.2 Å². The van der Waals surface area contributed by atoms with E-state index in [0.717, 1.165) is 66.7 Å². The van der Waals surface area contributed by atoms with E-state index in [-0.39, 0.29) is 42.6 Å². The minimum atomic E-state index is -2.46. The lowest BCUT2D eigenvalue weighted by molar-refractivity contribution is -0.333. The van der Waals surface area contributed by atoms with E-state index in [1.807, 2.05) is 5.32 Å². The van der Waals surface area contributed by atoms with Crippen molar-refractivity contribution in [1.82, 2.24) is 42.5 Å². The number of phenols is 3. The van der Waals surface area contributed by atoms with E-state index in [4.69, 9.17) is 83.0 Å². The molecule has 8 aliphatic heterocycles. The highest BCUT2D eigenvalue weighted by atomic mass is 35.5. The first-order valence-corrected chi connectivity index (χ1v) is 40.0. The van der Waals surface area contributed by atoms with Crippen LogP contribution in [0.1, 0.15) is 146 Å². The Balaban J connectivity index is 1.19. The summed E-state index contributed by atoms with van der Waals surface area (Å²) in [6.45, 7) is 10.9. The standard InChI is InChI=1S/C81H99Cl2N11O30/c1-30(2)16-42(87-9)70(107)93-60-62(102)34-11-14-46(40(82)18-34)119-48-20-36-21-49(66(48)124-77-67(123-55-27-81(8,86)69(106)32(4)118-55)64(104)63(103)50(121-77)29-116-78(115)79(5,6)25-52(100)89-53(101)28-95)120-47-15-12-35(19-41(47)83)65(122-54-26-80(7,85)68(105)31(3)117-54)61-75(112)92-59(76(113)114)39-22-37(96)23-45(98)56(39)38-17-33(10-13-44(38)97)57(72(109)94-61)91-73(110)58(36)90-71(108)43(24-51(84)99)88-74(60)111/h10-15,17-23,28,30-32,42-43,50,53-55,57-65,67-69,77,87,96-98,101-106H,16,24-27,29,85-86H2,1-9H3,(H2,84,99)(H,88,111)(H,89,100)(H,90,108)(H,91,110)(H,92,112)(H,93,107)(H,94,109)(H,113,114)/t31?,32?,42?,43?,50?,53?,54?,55?,57?,58?,59-,60?,61?,62+,63?,64?,65-,67?,68?,69?,77?,80?,81?/m1/s1. The number of benzene rings is 5. The lowest BCUT2D eigenvalue weighted by Gasteiger charge is -2.47. The van der Waals surface area contributed by atoms with E-state index in [1.165, 1.54) is 60.7 Å². The molecule has 41 nitrogen and oxygen atoms in total. The Kier molecular flexibility index (Phi) is 28.8. The Bertz CT molecular complexity index is 4950. The molecule has 23 atom stereocenters. The minimum Gasteiger partial charge on any atom is -0.508 e. The Morgan fingerprint density at radius 1 is 0.685 bits per heavy atom. The highest BCUT2D eigenvalue weighted by Crippen LogP contribution is 2.51. The number of hydrogen-bond acceptors (Lipinski definition) is 32. The van der Waals surface area contributed by atoms with Crippen molar-refractivity contribution in [3.05, 3.63) is 117 Å². The van der Waals surface area contributed by atoms with E-state index in [0.29, 0.717) is 0 Å². The number of carbonyl (C=O) groups is 11. The van der Waals surface area contributed by atoms with Gasteiger partial charge in [0, 0.05) is 53.1 Å². The quantitative estimate of drug-likeness (QED) is 0.0260. The van der Waals surface area contributed by atoms with Crippen LogP contribution in [0.25, 0.3) is 11.1 Å². The van der Waals surface area contributed by atoms with Crippen LogP contribution in [0.5, 0.6) is 46.0 Å². The molecule has 8 amide bonds. The number of carboxylic acid groups (broad SMARTS) is 1. The number of rotatable bonds is 21. The van der Waals surface area contributed by atoms with Gasteiger partial charge >= 0.3 is 11.9 Å². The Morgan fingerprint density at radius 3 is 1.83 bits per heavy atom. The van der Waals surface area contributed by atoms with Crippen LogP contribution < -0.4 is 73.9 Å². The molecule has 3 fully saturated rings. The van der Waals surface area contributed by atoms with Crippen molar-refractivity contribution in [2.24, 2.45) is 28.5 Å². The van der Waals surface area contributed by atoms with Gasteiger partial charge in [-0.05, 0) is 138 Å². The molecule has 43 heteroatoms. The van der Waals surface area contributed by atoms with Gasteiger partial charge in [0.05, 0.1) is 52.3 Å². The summed E-state index contributed by atoms with van der Waals surface area (Å²) in [6.07, 6.45) is -27.2. The van der Waals surface area contributed by atoms with Crippen LogP contribution >= 0.6 is 23.2 Å². The number of ether oxygens (including phenoxy) is 9. The van der Waals surface area contributed by atoms with Gasteiger partial charge in [0.15, 0.2) is 48.7 Å². The van der Waals surface area contributed by atoms with Crippen molar-refractivity contribution < 1.29 is 146 Å². The number of hydrogen-bond donors (Lipinski definition) is 21. The molecule has 13 rings (SSSR count). The summed E-state index contributed by atoms with van der Waals surface area (Å²) in [5, 5.41) is 134. The average Bonchev–Trinajstić information content (AvgIpc) is 0.754. The molecule has 20 unspecified atom stereocenters. The van der Waals surface area contributed by atoms with E-state index >= 15 is 24.0 Å². The molecule has 0 saturated carbocycles. The number of primary amides is 1. The zero-order chi connectivity index (χ0) is 91.0. The van der Waals surface area contributed by atoms with Gasteiger partial charge in [-0.2, -0.15) is 0 Å². The van der Waals surface area contributed by atoms with Gasteiger partial charge in [-0.1, -0.05) is 55.2 Å². The number of fused-ring (bicyclic) bond motifs is 15. The fourth-order valence-corrected chi connectivity index (χ4v) is 15.8. The predicted octanol–water partition coefficient (Wildman–Crippen LogP) is -0.0556. The van der Waals surface area contributed by atoms with Crippen molar-refractivity contribution in [2.45, 2.75) is 227 Å². The number of aliphatic hydroxyl groups excluding tert-OH is 6. The lowest BCUT2D eigenvalue weighted by atomic mass is 9.86. The van der Waals surface area contributed by atoms with Crippen LogP contribution in [0.15, 0.2) is 78.9 Å². The molecule has 0 aliphatic carbocycles. The number of aliphatic hydroxyl groups is 6. The largest absolute Gasteiger partial charge is 0.508 e. The van der Waals surface area contributed by atoms with E-state index < -0.39 is 307 Å². The van der Waals surface area contributed by atoms with Crippen molar-refractivity contribution in [3.8, 4) is 57.1 Å². The summed E-state index contributed by atoms with van der Waals surface area (Å²) in [4.78, 5) is 159. The second-order valence-corrected chi connectivity index (χ2v) is 33.7. The molecule has 8 aliphatic rings. The first-order valence-electron chi connectivity index (χ1n) is 39.2. The Labute approximate surface area is 717 Å². The third-order valence-corrected chi connectivity index (χ3v) is 22.5. The minimum absolute atomic E-state index is 0.0133. The van der Waals surface area contributed by atoms with Gasteiger partial charge in [-0.25, -0.2) is 4.79 Å². The molecule has 0 aromatic heterocycles. The summed E-state index contributed by atoms with van der Waals surface area (Å²) in [5.74, 6) is -19.1. The summed E-state index contributed by atoms with van der Waals surface area (Å²) < 4.78 is 58.1. The van der Waals surface area contributed by atoms with Crippen molar-refractivity contribution >= 4 is 88.7 Å². The van der Waals surface area contributed by atoms with Gasteiger partial charge in [0.1, 0.15) is 96.1 Å². The van der Waals surface area contributed by atoms with E-state index in [9.17, 15) is 79.8 Å². The molecule has 24 N–H and O–H groups in total. The summed E-state index contributed by atoms with van der Waals surface area (Å²) in [5.41, 5.74) is 11.2. The Hall–Kier alpha value is -10.7. The molecule has 8 heterocycles. The maximum Gasteiger partial charge on any atom is 0.330 e. The maximum atomic E-state index is 16.6. The van der Waals surface area contributed by atoms with Crippen LogP contribution in [0.4, 0.5) is 0 Å². The van der Waals surface area contributed by atoms with Gasteiger partial charge in [-0.3, -0.25) is 47.9 Å². The van der Waals surface area contributed by atoms with E-state index in [2.05, 4.69) is 37.2 Å². The molecule has 3 saturated heterocycles. The van der Waals surface area contributed by atoms with Crippen LogP contribution in [0.3, 0.4) is 0 Å². The second kappa shape index (κ2) is 38.0. The van der Waals surface area contributed by atoms with Gasteiger partial charge < -0.3 is 153 Å². The molecule has 672 valence electrons. The molecule has 5 aromatic carbocycles. The number of aromatic hydroxyl groups is 3. The first-order chi connectivity index (χ1) is 58.2. The van der Waals surface area contributed by atoms with Crippen LogP contribution in [0.2, 0.25) is 10.0 Å². The summed E-state index contributed by atoms with van der Waals surface area (Å²) in [6, 6.07) is -1.31. The number of amides is 8. The van der Waals surface area contributed by atoms with Crippen molar-refractivity contribution in [3.63, 3.8) is 0 Å². The van der Waals surface area contributed by atoms with Crippen LogP contribution in [0, 0.1) is 11.3 Å². The lowest BCUT2D eigenvalue weighted by Crippen LogP contribution is -2.64. The number of likely N-dealkylation sites (N-methyl/N-ethyl adjacent to an activating group) is 1. The number of halogens is 2. The molecule has 11 bridgehead atoms. The first kappa shape index (κ1) is 94.0. The SMILES string of the molecule is CNC(CC(C)C)C(=O)NC1C(=O)NC(CC(N)=O)C(=O)NC2C(=O)NC3C(=O)NC(C(=O)N[C@@H](C(=O)O)c4cc(O)cc(O)c4-c4cc3ccc4O)[C@H](OC3CC(C)(N)C(O)C(C)O3)c3ccc(c(Cl)c3)Oc3cc2cc(c3OC2OC(COC(=O)C(C)(C)CC(=O)NC(O)C=O)C(O)C(O)C2OC2CC(C)(N)C(O)C(C)O2)Oc2ccc(cc2Cl)[C@@H]1O. The molecule has 0 radical (unpaired) electrons. The zero-order valence-corrected chi connectivity index (χ0v) is 69.7. The van der Waals surface area contributed by atoms with Gasteiger partial charge in [-0.15, -0.1) is 0 Å². The zero-order valence-electron chi connectivity index (χ0n) is 68.2. The highest BCUT2D eigenvalue weighted by Gasteiger charge is 2.53. The molecule has 124 heavy (non-hydrogen) atoms. The normalized spacial score (nSPS) is 30.2. The highest BCUT2D eigenvalue weighted by molar-refractivity contribution is 6.32. The Morgan fingerprint density at radius 2 is 1.26 bits per heavy atom. The second-order valence-electron chi connectivity index (χ2n) is 32.9. The molecular formula is C81H99Cl2N11O30. The predicted molar refractivity (Wildman–Crippen MR) is 428 cm³/mol. The number of aliphatic carboxylic acids is 1. The number of carbonyl (C=O) groups excluding carboxylic acids is 10.